The van der Waals surface area contributed by atoms with Crippen LogP contribution < -0.4 is 16.8 Å². The van der Waals surface area contributed by atoms with Crippen LogP contribution in [0.4, 0.5) is 46.0 Å². The minimum atomic E-state index is -5.49. The van der Waals surface area contributed by atoms with Crippen LogP contribution in [0.5, 0.6) is 5.75 Å². The third-order valence-corrected chi connectivity index (χ3v) is 11.6. The third kappa shape index (κ3) is 11.2. The second-order valence-corrected chi connectivity index (χ2v) is 18.1. The fourth-order valence-electron chi connectivity index (χ4n) is 4.71. The monoisotopic (exact) mass is 940 g/mol. The Hall–Kier alpha value is -4.01. The Bertz CT molecular complexity index is 3180. The molecule has 0 aliphatic heterocycles. The molecule has 59 heavy (non-hydrogen) atoms. The number of aromatic nitrogens is 3. The summed E-state index contributed by atoms with van der Waals surface area (Å²) in [6.07, 6.45) is 0. The van der Waals surface area contributed by atoms with E-state index < -0.39 is 120 Å². The molecule has 0 aliphatic rings. The Morgan fingerprint density at radius 1 is 0.593 bits per heavy atom. The zero-order valence-electron chi connectivity index (χ0n) is 29.1. The molecule has 0 atom stereocenters. The number of aromatic hydroxyl groups is 1. The molecule has 1 aromatic heterocycles. The van der Waals surface area contributed by atoms with Crippen molar-refractivity contribution in [2.45, 2.75) is 24.5 Å². The van der Waals surface area contributed by atoms with Gasteiger partial charge in [-0.15, -0.1) is 20.5 Å². The average molecular weight is 941 g/mol. The number of rotatable bonds is 11. The van der Waals surface area contributed by atoms with Gasteiger partial charge in [0.1, 0.15) is 42.3 Å². The van der Waals surface area contributed by atoms with E-state index in [0.717, 1.165) is 18.2 Å². The van der Waals surface area contributed by atoms with Gasteiger partial charge >= 0.3 is 0 Å². The normalized spacial score (nSPS) is 12.7. The van der Waals surface area contributed by atoms with E-state index in [4.69, 9.17) is 23.1 Å². The molecule has 2 radical (unpaired) electrons. The molecule has 1 heterocycles. The summed E-state index contributed by atoms with van der Waals surface area (Å²) in [6.45, 7) is 0. The van der Waals surface area contributed by atoms with Crippen LogP contribution in [-0.4, -0.2) is 133 Å². The molecule has 0 fully saturated rings. The fraction of sp³-hybridized carbons (Fsp3) is 0. The number of nitrogens with one attached hydrogen (secondary N) is 1. The van der Waals surface area contributed by atoms with Crippen LogP contribution in [-0.2, 0) is 50.6 Å². The summed E-state index contributed by atoms with van der Waals surface area (Å²) in [6, 6.07) is 5.02. The Morgan fingerprint density at radius 2 is 1.07 bits per heavy atom. The summed E-state index contributed by atoms with van der Waals surface area (Å²) < 4.78 is 170. The molecular weight excluding hydrogens is 922 g/mol. The standard InChI is InChI=1S/C25H19ClN10O16S5.Li.Na/c26-23-30-24(28)32-25(31-23)29-10-1-3-14(54(41,42)43)12(7-10)33-36-21-17(57(50,51)52)6-9-5-16(56(47,48)49)20(19(27)18(9)22(21)37)35-34-13-8-11(53(38,39)40)2-4-15(13)55(44,45)46;;/h1-8,37H,27H2,(H,38,39,40)(H,41,42,43)(H,44,45,46)(H,47,48,49)(H,50,51,52)(H3,28,29,30,31,32);;. The van der Waals surface area contributed by atoms with Gasteiger partial charge in [-0.1, -0.05) is 0 Å². The summed E-state index contributed by atoms with van der Waals surface area (Å²) in [5, 5.41) is 26.1. The first-order valence-corrected chi connectivity index (χ1v) is 21.7. The number of hydrogen-bond donors (Lipinski definition) is 9. The van der Waals surface area contributed by atoms with E-state index in [-0.39, 0.29) is 71.3 Å². The van der Waals surface area contributed by atoms with E-state index >= 15 is 0 Å². The molecule has 5 aromatic rings. The number of anilines is 4. The van der Waals surface area contributed by atoms with Crippen LogP contribution in [0.15, 0.2) is 93.5 Å². The molecule has 0 bridgehead atoms. The van der Waals surface area contributed by atoms with Gasteiger partial charge in [0.15, 0.2) is 5.75 Å². The van der Waals surface area contributed by atoms with Gasteiger partial charge in [0.05, 0.1) is 16.0 Å². The van der Waals surface area contributed by atoms with E-state index in [2.05, 4.69) is 40.7 Å². The van der Waals surface area contributed by atoms with Crippen LogP contribution in [0.3, 0.4) is 0 Å². The van der Waals surface area contributed by atoms with Gasteiger partial charge in [0.2, 0.25) is 17.2 Å². The number of hydrogen-bond acceptors (Lipinski definition) is 21. The molecule has 0 saturated heterocycles. The topological polar surface area (TPSA) is 444 Å². The van der Waals surface area contributed by atoms with Crippen molar-refractivity contribution in [3.05, 3.63) is 53.8 Å². The van der Waals surface area contributed by atoms with Crippen molar-refractivity contribution < 1.29 is 70.0 Å². The van der Waals surface area contributed by atoms with Gasteiger partial charge in [-0.2, -0.15) is 57.0 Å². The number of azo groups is 2. The molecule has 304 valence electrons. The number of phenols is 1. The first-order chi connectivity index (χ1) is 26.1. The van der Waals surface area contributed by atoms with Gasteiger partial charge in [-0.25, -0.2) is 0 Å². The SMILES string of the molecule is Nc1nc(Cl)nc(Nc2ccc(S(=O)(=O)O)c(N=Nc3c(S(=O)(=O)O)cc4cc(S(=O)(=O)O)c(N=Nc5cc(S(=O)(=O)O)ccc5S(=O)(=O)O)c(N)c4c3O)c2)n1.[Li].[Na]. The number of phenolic OH excluding ortho intramolecular Hbond substituents is 1. The van der Waals surface area contributed by atoms with Crippen molar-refractivity contribution in [3.63, 3.8) is 0 Å². The van der Waals surface area contributed by atoms with Gasteiger partial charge in [-0.05, 0) is 65.5 Å². The molecule has 0 spiro atoms. The zero-order valence-corrected chi connectivity index (χ0v) is 35.9. The Kier molecular flexibility index (Phi) is 14.7. The van der Waals surface area contributed by atoms with E-state index in [1.165, 1.54) is 0 Å². The van der Waals surface area contributed by atoms with Crippen LogP contribution >= 0.6 is 11.6 Å². The van der Waals surface area contributed by atoms with Gasteiger partial charge in [0, 0.05) is 54.1 Å². The van der Waals surface area contributed by atoms with E-state index in [0.29, 0.717) is 30.3 Å². The maximum Gasteiger partial charge on any atom is 0.296 e. The van der Waals surface area contributed by atoms with Crippen LogP contribution in [0.25, 0.3) is 10.8 Å². The van der Waals surface area contributed by atoms with Crippen molar-refractivity contribution >= 4 is 167 Å². The number of halogens is 1. The van der Waals surface area contributed by atoms with Crippen LogP contribution in [0, 0.1) is 0 Å². The largest absolute Gasteiger partial charge is 0.505 e. The second kappa shape index (κ2) is 17.5. The first-order valence-electron chi connectivity index (χ1n) is 14.1. The number of fused-ring (bicyclic) bond motifs is 1. The Morgan fingerprint density at radius 3 is 1.56 bits per heavy atom. The van der Waals surface area contributed by atoms with Crippen molar-refractivity contribution in [1.29, 1.82) is 0 Å². The predicted molar refractivity (Wildman–Crippen MR) is 204 cm³/mol. The Balaban J connectivity index is 0.00000465. The molecule has 4 aromatic carbocycles. The molecule has 26 nitrogen and oxygen atoms in total. The quantitative estimate of drug-likeness (QED) is 0.0397. The van der Waals surface area contributed by atoms with Crippen molar-refractivity contribution in [2.75, 3.05) is 16.8 Å². The summed E-state index contributed by atoms with van der Waals surface area (Å²) in [7, 11) is -26.4. The molecular formula is C25H19ClLiN10NaO16S5. The van der Waals surface area contributed by atoms with Crippen molar-refractivity contribution in [2.24, 2.45) is 20.5 Å². The van der Waals surface area contributed by atoms with Crippen LogP contribution in [0.2, 0.25) is 5.28 Å². The molecule has 0 unspecified atom stereocenters. The number of benzene rings is 4. The maximum atomic E-state index is 12.5. The van der Waals surface area contributed by atoms with Crippen molar-refractivity contribution in [3.8, 4) is 5.75 Å². The first kappa shape index (κ1) is 49.4. The van der Waals surface area contributed by atoms with E-state index in [1.807, 2.05) is 0 Å². The molecule has 5 rings (SSSR count). The minimum Gasteiger partial charge on any atom is -0.505 e. The molecule has 11 N–H and O–H groups in total. The van der Waals surface area contributed by atoms with E-state index in [1.54, 1.807) is 0 Å². The minimum absolute atomic E-state index is 0. The zero-order chi connectivity index (χ0) is 42.6. The van der Waals surface area contributed by atoms with Gasteiger partial charge in [0.25, 0.3) is 50.6 Å². The molecule has 0 amide bonds. The molecule has 0 aliphatic carbocycles. The van der Waals surface area contributed by atoms with Crippen LogP contribution in [0.1, 0.15) is 0 Å². The van der Waals surface area contributed by atoms with E-state index in [9.17, 15) is 70.0 Å². The summed E-state index contributed by atoms with van der Waals surface area (Å²) in [5.74, 6) is -1.97. The third-order valence-electron chi connectivity index (χ3n) is 7.01. The number of nitrogen functional groups attached to an aromatic ring is 2. The fourth-order valence-corrected chi connectivity index (χ4v) is 7.91. The number of nitrogens with zero attached hydrogens (tertiary/aromatic N) is 7. The maximum absolute atomic E-state index is 12.5. The molecule has 34 heteroatoms. The van der Waals surface area contributed by atoms with Gasteiger partial charge in [-0.3, -0.25) is 22.8 Å². The Labute approximate surface area is 370 Å². The molecule has 0 saturated carbocycles. The number of nitrogens with two attached hydrogens (primary N) is 2. The summed E-state index contributed by atoms with van der Waals surface area (Å²) in [4.78, 5) is 5.34. The summed E-state index contributed by atoms with van der Waals surface area (Å²) in [5.41, 5.74) is 6.33. The average Bonchev–Trinajstić information content (AvgIpc) is 3.04. The summed E-state index contributed by atoms with van der Waals surface area (Å²) >= 11 is 5.76. The predicted octanol–water partition coefficient (Wildman–Crippen LogP) is 2.59. The second-order valence-electron chi connectivity index (χ2n) is 10.8. The van der Waals surface area contributed by atoms with Gasteiger partial charge < -0.3 is 21.9 Å². The van der Waals surface area contributed by atoms with Crippen molar-refractivity contribution in [1.82, 2.24) is 15.0 Å². The smallest absolute Gasteiger partial charge is 0.296 e.